The zero-order chi connectivity index (χ0) is 15.1. The van der Waals surface area contributed by atoms with Gasteiger partial charge >= 0.3 is 0 Å². The van der Waals surface area contributed by atoms with Gasteiger partial charge in [0.15, 0.2) is 0 Å². The number of hydrogen-bond donors (Lipinski definition) is 1. The monoisotopic (exact) mass is 326 g/mol. The molecule has 0 bridgehead atoms. The second-order valence-electron chi connectivity index (χ2n) is 5.46. The normalized spacial score (nSPS) is 18.8. The van der Waals surface area contributed by atoms with E-state index in [2.05, 4.69) is 5.32 Å². The molecule has 5 heteroatoms. The smallest absolute Gasteiger partial charge is 0.223 e. The number of piperidine rings is 1. The summed E-state index contributed by atoms with van der Waals surface area (Å²) in [5.74, 6) is 1.72. The molecule has 1 saturated heterocycles. The third kappa shape index (κ3) is 5.53. The fourth-order valence-electron chi connectivity index (χ4n) is 2.69. The Hall–Kier alpha value is -0.710. The molecule has 1 aliphatic rings. The van der Waals surface area contributed by atoms with Crippen LogP contribution in [0.5, 0.6) is 0 Å². The summed E-state index contributed by atoms with van der Waals surface area (Å²) in [6.07, 6.45) is 2.96. The quantitative estimate of drug-likeness (QED) is 0.814. The Balaban J connectivity index is 1.72. The van der Waals surface area contributed by atoms with Crippen molar-refractivity contribution < 1.29 is 4.79 Å². The minimum absolute atomic E-state index is 0.289. The molecule has 1 fully saturated rings. The van der Waals surface area contributed by atoms with Gasteiger partial charge < -0.3 is 10.2 Å². The molecule has 0 radical (unpaired) electrons. The Labute approximate surface area is 136 Å². The van der Waals surface area contributed by atoms with Crippen molar-refractivity contribution in [1.82, 2.24) is 10.2 Å². The Morgan fingerprint density at radius 3 is 2.90 bits per heavy atom. The number of amides is 1. The predicted octanol–water partition coefficient (Wildman–Crippen LogP) is 3.28. The predicted molar refractivity (Wildman–Crippen MR) is 90.0 cm³/mol. The second kappa shape index (κ2) is 8.66. The van der Waals surface area contributed by atoms with Crippen LogP contribution in [-0.4, -0.2) is 43.2 Å². The van der Waals surface area contributed by atoms with Crippen molar-refractivity contribution in [1.29, 1.82) is 0 Å². The molecule has 3 nitrogen and oxygen atoms in total. The van der Waals surface area contributed by atoms with Crippen LogP contribution in [0.1, 0.15) is 19.3 Å². The van der Waals surface area contributed by atoms with Gasteiger partial charge in [-0.1, -0.05) is 11.6 Å². The maximum atomic E-state index is 12.3. The third-order valence-corrected chi connectivity index (χ3v) is 5.03. The highest BCUT2D eigenvalue weighted by Gasteiger charge is 2.22. The van der Waals surface area contributed by atoms with Gasteiger partial charge in [0, 0.05) is 35.2 Å². The molecule has 21 heavy (non-hydrogen) atoms. The van der Waals surface area contributed by atoms with Crippen LogP contribution in [0.25, 0.3) is 0 Å². The first-order valence-electron chi connectivity index (χ1n) is 7.50. The van der Waals surface area contributed by atoms with E-state index < -0.39 is 0 Å². The van der Waals surface area contributed by atoms with E-state index in [1.54, 1.807) is 11.8 Å². The first kappa shape index (κ1) is 16.7. The van der Waals surface area contributed by atoms with E-state index in [4.69, 9.17) is 11.6 Å². The molecule has 1 unspecified atom stereocenters. The van der Waals surface area contributed by atoms with Crippen molar-refractivity contribution >= 4 is 29.3 Å². The topological polar surface area (TPSA) is 32.3 Å². The van der Waals surface area contributed by atoms with Gasteiger partial charge in [0.05, 0.1) is 0 Å². The Kier molecular flexibility index (Phi) is 6.87. The highest BCUT2D eigenvalue weighted by atomic mass is 35.5. The molecule has 0 spiro atoms. The number of nitrogens with zero attached hydrogens (tertiary/aromatic N) is 1. The van der Waals surface area contributed by atoms with Gasteiger partial charge in [0.1, 0.15) is 0 Å². The number of nitrogens with one attached hydrogen (secondary N) is 1. The average molecular weight is 327 g/mol. The van der Waals surface area contributed by atoms with Crippen LogP contribution in [0.4, 0.5) is 0 Å². The van der Waals surface area contributed by atoms with E-state index in [0.717, 1.165) is 36.8 Å². The zero-order valence-electron chi connectivity index (χ0n) is 12.5. The lowest BCUT2D eigenvalue weighted by molar-refractivity contribution is -0.132. The fraction of sp³-hybridized carbons (Fsp3) is 0.562. The lowest BCUT2D eigenvalue weighted by Crippen LogP contribution is -2.42. The lowest BCUT2D eigenvalue weighted by Gasteiger charge is -2.32. The van der Waals surface area contributed by atoms with Gasteiger partial charge in [0.2, 0.25) is 5.91 Å². The SMILES string of the molecule is CNCC1CCCN(C(=O)CCSc2ccc(Cl)cc2)C1. The molecular formula is C16H23ClN2OS. The molecule has 1 atom stereocenters. The van der Waals surface area contributed by atoms with E-state index in [0.29, 0.717) is 12.3 Å². The van der Waals surface area contributed by atoms with Crippen molar-refractivity contribution in [2.45, 2.75) is 24.2 Å². The zero-order valence-corrected chi connectivity index (χ0v) is 14.1. The number of benzene rings is 1. The second-order valence-corrected chi connectivity index (χ2v) is 7.06. The number of thioether (sulfide) groups is 1. The fourth-order valence-corrected chi connectivity index (χ4v) is 3.66. The van der Waals surface area contributed by atoms with E-state index in [1.165, 1.54) is 11.3 Å². The van der Waals surface area contributed by atoms with Gasteiger partial charge in [-0.15, -0.1) is 11.8 Å². The molecule has 2 rings (SSSR count). The van der Waals surface area contributed by atoms with Gasteiger partial charge in [-0.3, -0.25) is 4.79 Å². The summed E-state index contributed by atoms with van der Waals surface area (Å²) in [6, 6.07) is 7.78. The number of likely N-dealkylation sites (tertiary alicyclic amines) is 1. The molecule has 116 valence electrons. The van der Waals surface area contributed by atoms with Crippen molar-refractivity contribution in [3.63, 3.8) is 0 Å². The van der Waals surface area contributed by atoms with E-state index in [1.807, 2.05) is 36.2 Å². The number of carbonyl (C=O) groups is 1. The summed E-state index contributed by atoms with van der Waals surface area (Å²) in [6.45, 7) is 2.83. The number of halogens is 1. The maximum Gasteiger partial charge on any atom is 0.223 e. The van der Waals surface area contributed by atoms with E-state index >= 15 is 0 Å². The number of rotatable bonds is 6. The number of carbonyl (C=O) groups excluding carboxylic acids is 1. The van der Waals surface area contributed by atoms with Crippen molar-refractivity contribution in [2.75, 3.05) is 32.4 Å². The van der Waals surface area contributed by atoms with Crippen LogP contribution in [0.2, 0.25) is 5.02 Å². The highest BCUT2D eigenvalue weighted by Crippen LogP contribution is 2.22. The first-order chi connectivity index (χ1) is 10.2. The highest BCUT2D eigenvalue weighted by molar-refractivity contribution is 7.99. The minimum atomic E-state index is 0.289. The van der Waals surface area contributed by atoms with Crippen LogP contribution in [0, 0.1) is 5.92 Å². The summed E-state index contributed by atoms with van der Waals surface area (Å²) in [7, 11) is 1.98. The third-order valence-electron chi connectivity index (χ3n) is 3.76. The standard InChI is InChI=1S/C16H23ClN2OS/c1-18-11-13-3-2-9-19(12-13)16(20)8-10-21-15-6-4-14(17)5-7-15/h4-7,13,18H,2-3,8-12H2,1H3. The van der Waals surface area contributed by atoms with Crippen LogP contribution in [0.3, 0.4) is 0 Å². The molecule has 0 saturated carbocycles. The summed E-state index contributed by atoms with van der Waals surface area (Å²) in [5.41, 5.74) is 0. The van der Waals surface area contributed by atoms with E-state index in [-0.39, 0.29) is 5.91 Å². The maximum absolute atomic E-state index is 12.3. The molecule has 0 aromatic heterocycles. The van der Waals surface area contributed by atoms with Gasteiger partial charge in [0.25, 0.3) is 0 Å². The molecule has 1 heterocycles. The molecular weight excluding hydrogens is 304 g/mol. The van der Waals surface area contributed by atoms with Crippen LogP contribution >= 0.6 is 23.4 Å². The summed E-state index contributed by atoms with van der Waals surface area (Å²) in [4.78, 5) is 15.5. The molecule has 1 aliphatic heterocycles. The van der Waals surface area contributed by atoms with Crippen molar-refractivity contribution in [2.24, 2.45) is 5.92 Å². The molecule has 1 aromatic rings. The van der Waals surface area contributed by atoms with Crippen LogP contribution in [-0.2, 0) is 4.79 Å². The van der Waals surface area contributed by atoms with Crippen molar-refractivity contribution in [3.05, 3.63) is 29.3 Å². The summed E-state index contributed by atoms with van der Waals surface area (Å²) < 4.78 is 0. The van der Waals surface area contributed by atoms with Crippen LogP contribution in [0.15, 0.2) is 29.2 Å². The van der Waals surface area contributed by atoms with Gasteiger partial charge in [-0.25, -0.2) is 0 Å². The lowest BCUT2D eigenvalue weighted by atomic mass is 9.98. The Morgan fingerprint density at radius 1 is 1.43 bits per heavy atom. The summed E-state index contributed by atoms with van der Waals surface area (Å²) in [5, 5.41) is 3.96. The van der Waals surface area contributed by atoms with Crippen LogP contribution < -0.4 is 5.32 Å². The van der Waals surface area contributed by atoms with Crippen molar-refractivity contribution in [3.8, 4) is 0 Å². The summed E-state index contributed by atoms with van der Waals surface area (Å²) >= 11 is 7.58. The van der Waals surface area contributed by atoms with Gasteiger partial charge in [-0.2, -0.15) is 0 Å². The van der Waals surface area contributed by atoms with Gasteiger partial charge in [-0.05, 0) is 56.6 Å². The Bertz CT molecular complexity index is 450. The Morgan fingerprint density at radius 2 is 2.19 bits per heavy atom. The largest absolute Gasteiger partial charge is 0.342 e. The first-order valence-corrected chi connectivity index (χ1v) is 8.86. The number of hydrogen-bond acceptors (Lipinski definition) is 3. The average Bonchev–Trinajstić information content (AvgIpc) is 2.50. The molecule has 1 aromatic carbocycles. The molecule has 1 amide bonds. The molecule has 0 aliphatic carbocycles. The molecule has 1 N–H and O–H groups in total. The minimum Gasteiger partial charge on any atom is -0.342 e. The van der Waals surface area contributed by atoms with E-state index in [9.17, 15) is 4.79 Å².